The van der Waals surface area contributed by atoms with Crippen molar-refractivity contribution in [2.24, 2.45) is 0 Å². The number of H-pyrrole nitrogens is 1. The summed E-state index contributed by atoms with van der Waals surface area (Å²) in [6.07, 6.45) is 1.67. The van der Waals surface area contributed by atoms with Gasteiger partial charge in [-0.3, -0.25) is 0 Å². The minimum atomic E-state index is 0.700. The lowest BCUT2D eigenvalue weighted by Gasteiger charge is -2.28. The highest BCUT2D eigenvalue weighted by Crippen LogP contribution is 2.28. The first-order valence-corrected chi connectivity index (χ1v) is 9.08. The number of rotatable bonds is 3. The summed E-state index contributed by atoms with van der Waals surface area (Å²) in [5.74, 6) is 1.57. The standard InChI is InChI=1S/C21H19N5O/c1-2-5-15(6-3-1)16-7-4-8-17(13-16)19-24-20-18(22-14-23-20)21(25-19)26-9-11-27-12-10-26/h1-8,13-14H,9-12H2,(H,22,23,24,25). The normalized spacial score (nSPS) is 14.6. The molecule has 0 bridgehead atoms. The van der Waals surface area contributed by atoms with Crippen LogP contribution in [0, 0.1) is 0 Å². The van der Waals surface area contributed by atoms with Crippen LogP contribution < -0.4 is 4.90 Å². The van der Waals surface area contributed by atoms with Crippen LogP contribution in [0.3, 0.4) is 0 Å². The fourth-order valence-corrected chi connectivity index (χ4v) is 3.41. The Hall–Kier alpha value is -3.25. The Bertz CT molecular complexity index is 1070. The number of nitrogens with zero attached hydrogens (tertiary/aromatic N) is 4. The van der Waals surface area contributed by atoms with Crippen LogP contribution >= 0.6 is 0 Å². The molecule has 0 spiro atoms. The molecule has 2 aromatic carbocycles. The van der Waals surface area contributed by atoms with Gasteiger partial charge in [-0.15, -0.1) is 0 Å². The summed E-state index contributed by atoms with van der Waals surface area (Å²) in [5, 5.41) is 0. The van der Waals surface area contributed by atoms with Gasteiger partial charge >= 0.3 is 0 Å². The summed E-state index contributed by atoms with van der Waals surface area (Å²) in [4.78, 5) is 19.4. The molecule has 1 N–H and O–H groups in total. The summed E-state index contributed by atoms with van der Waals surface area (Å²) in [5.41, 5.74) is 4.87. The maximum atomic E-state index is 5.48. The topological polar surface area (TPSA) is 66.9 Å². The van der Waals surface area contributed by atoms with E-state index in [4.69, 9.17) is 14.7 Å². The molecule has 1 saturated heterocycles. The van der Waals surface area contributed by atoms with Gasteiger partial charge in [0.15, 0.2) is 17.3 Å². The number of benzene rings is 2. The van der Waals surface area contributed by atoms with Crippen molar-refractivity contribution in [1.29, 1.82) is 0 Å². The highest BCUT2D eigenvalue weighted by atomic mass is 16.5. The number of anilines is 1. The maximum Gasteiger partial charge on any atom is 0.164 e. The van der Waals surface area contributed by atoms with Crippen LogP contribution in [0.25, 0.3) is 33.7 Å². The van der Waals surface area contributed by atoms with Gasteiger partial charge in [-0.05, 0) is 17.2 Å². The molecule has 3 heterocycles. The SMILES string of the molecule is c1ccc(-c2cccc(-c3nc(N4CCOCC4)c4nc[nH]c4n3)c2)cc1. The van der Waals surface area contributed by atoms with Gasteiger partial charge in [-0.1, -0.05) is 48.5 Å². The maximum absolute atomic E-state index is 5.48. The van der Waals surface area contributed by atoms with Crippen molar-refractivity contribution in [2.75, 3.05) is 31.2 Å². The second-order valence-corrected chi connectivity index (χ2v) is 6.52. The van der Waals surface area contributed by atoms with Crippen molar-refractivity contribution in [1.82, 2.24) is 19.9 Å². The Balaban J connectivity index is 1.61. The van der Waals surface area contributed by atoms with Crippen molar-refractivity contribution >= 4 is 17.0 Å². The van der Waals surface area contributed by atoms with Crippen LogP contribution in [0.15, 0.2) is 60.9 Å². The first-order chi connectivity index (χ1) is 13.4. The van der Waals surface area contributed by atoms with E-state index in [1.807, 2.05) is 30.3 Å². The van der Waals surface area contributed by atoms with Crippen LogP contribution in [-0.4, -0.2) is 46.2 Å². The molecule has 0 aliphatic carbocycles. The molecule has 134 valence electrons. The average molecular weight is 357 g/mol. The van der Waals surface area contributed by atoms with Gasteiger partial charge in [-0.2, -0.15) is 0 Å². The molecule has 27 heavy (non-hydrogen) atoms. The van der Waals surface area contributed by atoms with Crippen LogP contribution in [0.2, 0.25) is 0 Å². The first kappa shape index (κ1) is 16.0. The quantitative estimate of drug-likeness (QED) is 0.608. The molecule has 5 rings (SSSR count). The number of hydrogen-bond acceptors (Lipinski definition) is 5. The van der Waals surface area contributed by atoms with Gasteiger partial charge in [0.2, 0.25) is 0 Å². The average Bonchev–Trinajstić information content (AvgIpc) is 3.23. The number of nitrogens with one attached hydrogen (secondary N) is 1. The molecule has 4 aromatic rings. The van der Waals surface area contributed by atoms with Crippen LogP contribution in [0.1, 0.15) is 0 Å². The zero-order valence-corrected chi connectivity index (χ0v) is 14.8. The van der Waals surface area contributed by atoms with Gasteiger partial charge in [0, 0.05) is 18.7 Å². The molecule has 0 unspecified atom stereocenters. The monoisotopic (exact) mass is 357 g/mol. The minimum absolute atomic E-state index is 0.700. The Morgan fingerprint density at radius 1 is 0.852 bits per heavy atom. The van der Waals surface area contributed by atoms with Gasteiger partial charge in [0.05, 0.1) is 19.5 Å². The van der Waals surface area contributed by atoms with Crippen molar-refractivity contribution in [3.05, 3.63) is 60.9 Å². The van der Waals surface area contributed by atoms with Crippen molar-refractivity contribution in [3.63, 3.8) is 0 Å². The fraction of sp³-hybridized carbons (Fsp3) is 0.190. The number of hydrogen-bond donors (Lipinski definition) is 1. The zero-order chi connectivity index (χ0) is 18.1. The molecular formula is C21H19N5O. The molecule has 6 nitrogen and oxygen atoms in total. The molecule has 0 radical (unpaired) electrons. The Morgan fingerprint density at radius 2 is 1.63 bits per heavy atom. The lowest BCUT2D eigenvalue weighted by Crippen LogP contribution is -2.37. The van der Waals surface area contributed by atoms with Gasteiger partial charge in [0.25, 0.3) is 0 Å². The van der Waals surface area contributed by atoms with Crippen molar-refractivity contribution < 1.29 is 4.74 Å². The summed E-state index contributed by atoms with van der Waals surface area (Å²) >= 11 is 0. The van der Waals surface area contributed by atoms with E-state index in [2.05, 4.69) is 39.1 Å². The molecule has 0 amide bonds. The third-order valence-electron chi connectivity index (χ3n) is 4.80. The Labute approximate surface area is 156 Å². The number of imidazole rings is 1. The number of aromatic amines is 1. The van der Waals surface area contributed by atoms with Crippen LogP contribution in [0.5, 0.6) is 0 Å². The van der Waals surface area contributed by atoms with E-state index in [0.717, 1.165) is 41.2 Å². The molecule has 6 heteroatoms. The largest absolute Gasteiger partial charge is 0.378 e. The third kappa shape index (κ3) is 3.04. The van der Waals surface area contributed by atoms with Crippen LogP contribution in [0.4, 0.5) is 5.82 Å². The Kier molecular flexibility index (Phi) is 4.03. The predicted octanol–water partition coefficient (Wildman–Crippen LogP) is 3.52. The van der Waals surface area contributed by atoms with Gasteiger partial charge < -0.3 is 14.6 Å². The lowest BCUT2D eigenvalue weighted by molar-refractivity contribution is 0.122. The van der Waals surface area contributed by atoms with E-state index in [0.29, 0.717) is 19.0 Å². The van der Waals surface area contributed by atoms with Crippen molar-refractivity contribution in [2.45, 2.75) is 0 Å². The summed E-state index contributed by atoms with van der Waals surface area (Å²) < 4.78 is 5.48. The molecule has 0 saturated carbocycles. The lowest BCUT2D eigenvalue weighted by atomic mass is 10.0. The molecular weight excluding hydrogens is 338 g/mol. The van der Waals surface area contributed by atoms with Gasteiger partial charge in [-0.25, -0.2) is 15.0 Å². The second kappa shape index (κ2) is 6.81. The van der Waals surface area contributed by atoms with Crippen molar-refractivity contribution in [3.8, 4) is 22.5 Å². The number of fused-ring (bicyclic) bond motifs is 1. The highest BCUT2D eigenvalue weighted by molar-refractivity contribution is 5.85. The summed E-state index contributed by atoms with van der Waals surface area (Å²) in [7, 11) is 0. The van der Waals surface area contributed by atoms with Crippen LogP contribution in [-0.2, 0) is 4.74 Å². The Morgan fingerprint density at radius 3 is 2.48 bits per heavy atom. The third-order valence-corrected chi connectivity index (χ3v) is 4.80. The van der Waals surface area contributed by atoms with E-state index in [9.17, 15) is 0 Å². The van der Waals surface area contributed by atoms with E-state index < -0.39 is 0 Å². The molecule has 2 aromatic heterocycles. The predicted molar refractivity (Wildman–Crippen MR) is 106 cm³/mol. The summed E-state index contributed by atoms with van der Waals surface area (Å²) in [6, 6.07) is 18.7. The van der Waals surface area contributed by atoms with E-state index in [-0.39, 0.29) is 0 Å². The number of aromatic nitrogens is 4. The number of morpholine rings is 1. The summed E-state index contributed by atoms with van der Waals surface area (Å²) in [6.45, 7) is 3.02. The molecule has 1 aliphatic rings. The smallest absolute Gasteiger partial charge is 0.164 e. The van der Waals surface area contributed by atoms with E-state index in [1.165, 1.54) is 5.56 Å². The first-order valence-electron chi connectivity index (χ1n) is 9.08. The van der Waals surface area contributed by atoms with E-state index >= 15 is 0 Å². The molecule has 1 aliphatic heterocycles. The second-order valence-electron chi connectivity index (χ2n) is 6.52. The molecule has 1 fully saturated rings. The number of ether oxygens (including phenoxy) is 1. The fourth-order valence-electron chi connectivity index (χ4n) is 3.41. The minimum Gasteiger partial charge on any atom is -0.378 e. The zero-order valence-electron chi connectivity index (χ0n) is 14.8. The van der Waals surface area contributed by atoms with E-state index in [1.54, 1.807) is 6.33 Å². The van der Waals surface area contributed by atoms with Gasteiger partial charge in [0.1, 0.15) is 5.52 Å². The molecule has 0 atom stereocenters. The highest BCUT2D eigenvalue weighted by Gasteiger charge is 2.19.